The predicted octanol–water partition coefficient (Wildman–Crippen LogP) is 3.35. The van der Waals surface area contributed by atoms with Gasteiger partial charge in [-0.3, -0.25) is 0 Å². The zero-order chi connectivity index (χ0) is 13.7. The van der Waals surface area contributed by atoms with Gasteiger partial charge in [0.1, 0.15) is 5.82 Å². The molecule has 102 valence electrons. The number of aliphatic hydroxyl groups excluding tert-OH is 1. The lowest BCUT2D eigenvalue weighted by molar-refractivity contribution is 0.277. The summed E-state index contributed by atoms with van der Waals surface area (Å²) in [5, 5.41) is 9.75. The van der Waals surface area contributed by atoms with E-state index in [1.54, 1.807) is 0 Å². The second-order valence-electron chi connectivity index (χ2n) is 5.45. The Morgan fingerprint density at radius 3 is 2.17 bits per heavy atom. The molecule has 0 fully saturated rings. The van der Waals surface area contributed by atoms with Crippen LogP contribution in [0.1, 0.15) is 33.4 Å². The van der Waals surface area contributed by atoms with Crippen LogP contribution >= 0.6 is 11.6 Å². The highest BCUT2D eigenvalue weighted by molar-refractivity contribution is 6.31. The number of aliphatic hydroxyl groups is 1. The summed E-state index contributed by atoms with van der Waals surface area (Å²) >= 11 is 5.97. The number of pyridine rings is 1. The van der Waals surface area contributed by atoms with Crippen molar-refractivity contribution in [2.24, 2.45) is 11.8 Å². The Bertz CT molecular complexity index is 370. The average Bonchev–Trinajstić information content (AvgIpc) is 2.27. The number of aromatic nitrogens is 1. The van der Waals surface area contributed by atoms with Crippen LogP contribution in [0.5, 0.6) is 0 Å². The maximum absolute atomic E-state index is 9.22. The molecule has 1 aromatic rings. The van der Waals surface area contributed by atoms with Crippen LogP contribution in [-0.2, 0) is 6.61 Å². The zero-order valence-corrected chi connectivity index (χ0v) is 12.4. The molecular weight excluding hydrogens is 248 g/mol. The largest absolute Gasteiger partial charge is 0.390 e. The van der Waals surface area contributed by atoms with Crippen molar-refractivity contribution in [3.63, 3.8) is 0 Å². The molecule has 0 atom stereocenters. The lowest BCUT2D eigenvalue weighted by atomic mass is 10.1. The SMILES string of the molecule is CC(C)CN(CC(C)C)c1ccc(Cl)c(CO)n1. The van der Waals surface area contributed by atoms with Crippen LogP contribution in [0.4, 0.5) is 5.82 Å². The molecule has 0 spiro atoms. The fraction of sp³-hybridized carbons (Fsp3) is 0.643. The quantitative estimate of drug-likeness (QED) is 0.861. The lowest BCUT2D eigenvalue weighted by Gasteiger charge is -2.27. The van der Waals surface area contributed by atoms with Crippen LogP contribution in [0.15, 0.2) is 12.1 Å². The molecule has 18 heavy (non-hydrogen) atoms. The van der Waals surface area contributed by atoms with Gasteiger partial charge in [-0.05, 0) is 24.0 Å². The topological polar surface area (TPSA) is 36.4 Å². The maximum Gasteiger partial charge on any atom is 0.129 e. The van der Waals surface area contributed by atoms with Gasteiger partial charge >= 0.3 is 0 Å². The van der Waals surface area contributed by atoms with Crippen molar-refractivity contribution in [3.05, 3.63) is 22.8 Å². The van der Waals surface area contributed by atoms with Crippen molar-refractivity contribution < 1.29 is 5.11 Å². The molecule has 0 aliphatic heterocycles. The molecule has 0 aliphatic rings. The van der Waals surface area contributed by atoms with E-state index in [-0.39, 0.29) is 6.61 Å². The van der Waals surface area contributed by atoms with Crippen molar-refractivity contribution in [2.45, 2.75) is 34.3 Å². The van der Waals surface area contributed by atoms with Gasteiger partial charge in [0.2, 0.25) is 0 Å². The predicted molar refractivity (Wildman–Crippen MR) is 77.1 cm³/mol. The van der Waals surface area contributed by atoms with E-state index in [1.165, 1.54) is 0 Å². The second kappa shape index (κ2) is 6.95. The number of hydrogen-bond donors (Lipinski definition) is 1. The molecule has 0 saturated carbocycles. The van der Waals surface area contributed by atoms with Gasteiger partial charge in [0.15, 0.2) is 0 Å². The fourth-order valence-electron chi connectivity index (χ4n) is 1.90. The Hall–Kier alpha value is -0.800. The number of hydrogen-bond acceptors (Lipinski definition) is 3. The van der Waals surface area contributed by atoms with Crippen molar-refractivity contribution in [1.29, 1.82) is 0 Å². The minimum atomic E-state index is -0.121. The number of anilines is 1. The van der Waals surface area contributed by atoms with Gasteiger partial charge in [0.05, 0.1) is 17.3 Å². The standard InChI is InChI=1S/C14H23ClN2O/c1-10(2)7-17(8-11(3)4)14-6-5-12(15)13(9-18)16-14/h5-6,10-11,18H,7-9H2,1-4H3. The van der Waals surface area contributed by atoms with E-state index in [0.29, 0.717) is 22.6 Å². The van der Waals surface area contributed by atoms with Gasteiger partial charge in [0.25, 0.3) is 0 Å². The van der Waals surface area contributed by atoms with Crippen molar-refractivity contribution in [2.75, 3.05) is 18.0 Å². The minimum Gasteiger partial charge on any atom is -0.390 e. The van der Waals surface area contributed by atoms with E-state index in [4.69, 9.17) is 11.6 Å². The van der Waals surface area contributed by atoms with Crippen molar-refractivity contribution >= 4 is 17.4 Å². The molecule has 4 heteroatoms. The molecule has 3 nitrogen and oxygen atoms in total. The normalized spacial score (nSPS) is 11.3. The second-order valence-corrected chi connectivity index (χ2v) is 5.86. The average molecular weight is 271 g/mol. The third-order valence-corrected chi connectivity index (χ3v) is 2.89. The van der Waals surface area contributed by atoms with Gasteiger partial charge in [-0.1, -0.05) is 39.3 Å². The monoisotopic (exact) mass is 270 g/mol. The highest BCUT2D eigenvalue weighted by atomic mass is 35.5. The van der Waals surface area contributed by atoms with Gasteiger partial charge in [-0.25, -0.2) is 4.98 Å². The molecule has 1 heterocycles. The highest BCUT2D eigenvalue weighted by Crippen LogP contribution is 2.21. The van der Waals surface area contributed by atoms with E-state index in [0.717, 1.165) is 18.9 Å². The lowest BCUT2D eigenvalue weighted by Crippen LogP contribution is -2.32. The van der Waals surface area contributed by atoms with E-state index in [9.17, 15) is 5.11 Å². The molecule has 0 aromatic carbocycles. The van der Waals surface area contributed by atoms with Gasteiger partial charge in [0, 0.05) is 13.1 Å². The summed E-state index contributed by atoms with van der Waals surface area (Å²) in [4.78, 5) is 6.70. The molecule has 0 unspecified atom stereocenters. The Balaban J connectivity index is 2.96. The van der Waals surface area contributed by atoms with Gasteiger partial charge in [-0.2, -0.15) is 0 Å². The first-order valence-corrected chi connectivity index (χ1v) is 6.83. The molecule has 0 aliphatic carbocycles. The van der Waals surface area contributed by atoms with E-state index < -0.39 is 0 Å². The minimum absolute atomic E-state index is 0.121. The van der Waals surface area contributed by atoms with Crippen LogP contribution in [-0.4, -0.2) is 23.2 Å². The first-order valence-electron chi connectivity index (χ1n) is 6.45. The Labute approximate surface area is 115 Å². The molecular formula is C14H23ClN2O. The molecule has 0 saturated heterocycles. The highest BCUT2D eigenvalue weighted by Gasteiger charge is 2.13. The molecule has 1 rings (SSSR count). The molecule has 0 bridgehead atoms. The summed E-state index contributed by atoms with van der Waals surface area (Å²) in [5.74, 6) is 2.03. The van der Waals surface area contributed by atoms with Crippen LogP contribution in [0, 0.1) is 11.8 Å². The summed E-state index contributed by atoms with van der Waals surface area (Å²) in [7, 11) is 0. The molecule has 1 N–H and O–H groups in total. The number of rotatable bonds is 6. The van der Waals surface area contributed by atoms with Crippen molar-refractivity contribution in [3.8, 4) is 0 Å². The Morgan fingerprint density at radius 1 is 1.17 bits per heavy atom. The first-order chi connectivity index (χ1) is 8.43. The number of nitrogens with zero attached hydrogens (tertiary/aromatic N) is 2. The Morgan fingerprint density at radius 2 is 1.72 bits per heavy atom. The smallest absolute Gasteiger partial charge is 0.129 e. The fourth-order valence-corrected chi connectivity index (χ4v) is 2.07. The molecule has 1 aromatic heterocycles. The summed E-state index contributed by atoms with van der Waals surface area (Å²) in [6.07, 6.45) is 0. The molecule has 0 radical (unpaired) electrons. The van der Waals surface area contributed by atoms with E-state index in [1.807, 2.05) is 12.1 Å². The third kappa shape index (κ3) is 4.46. The van der Waals surface area contributed by atoms with Crippen LogP contribution in [0.3, 0.4) is 0 Å². The summed E-state index contributed by atoms with van der Waals surface area (Å²) in [6.45, 7) is 10.6. The molecule has 0 amide bonds. The van der Waals surface area contributed by atoms with Gasteiger partial charge < -0.3 is 10.0 Å². The van der Waals surface area contributed by atoms with Crippen LogP contribution < -0.4 is 4.90 Å². The van der Waals surface area contributed by atoms with Crippen LogP contribution in [0.2, 0.25) is 5.02 Å². The summed E-state index contributed by atoms with van der Waals surface area (Å²) in [5.41, 5.74) is 0.548. The Kier molecular flexibility index (Phi) is 5.89. The van der Waals surface area contributed by atoms with E-state index >= 15 is 0 Å². The zero-order valence-electron chi connectivity index (χ0n) is 11.7. The summed E-state index contributed by atoms with van der Waals surface area (Å²) in [6, 6.07) is 3.73. The van der Waals surface area contributed by atoms with Gasteiger partial charge in [-0.15, -0.1) is 0 Å². The van der Waals surface area contributed by atoms with E-state index in [2.05, 4.69) is 37.6 Å². The van der Waals surface area contributed by atoms with Crippen LogP contribution in [0.25, 0.3) is 0 Å². The van der Waals surface area contributed by atoms with Crippen molar-refractivity contribution in [1.82, 2.24) is 4.98 Å². The summed E-state index contributed by atoms with van der Waals surface area (Å²) < 4.78 is 0. The number of halogens is 1. The first kappa shape index (κ1) is 15.3. The third-order valence-electron chi connectivity index (χ3n) is 2.55. The maximum atomic E-state index is 9.22.